The molecule has 24 heavy (non-hydrogen) atoms. The number of benzene rings is 1. The van der Waals surface area contributed by atoms with Gasteiger partial charge in [0, 0.05) is 25.5 Å². The number of hydrogen-bond acceptors (Lipinski definition) is 5. The van der Waals surface area contributed by atoms with Crippen molar-refractivity contribution in [2.75, 3.05) is 6.61 Å². The van der Waals surface area contributed by atoms with Gasteiger partial charge in [0.2, 0.25) is 0 Å². The minimum atomic E-state index is -1.39. The van der Waals surface area contributed by atoms with Gasteiger partial charge in [0.05, 0.1) is 6.61 Å². The summed E-state index contributed by atoms with van der Waals surface area (Å²) in [6, 6.07) is 1.64. The summed E-state index contributed by atoms with van der Waals surface area (Å²) in [6.45, 7) is 4.96. The summed E-state index contributed by atoms with van der Waals surface area (Å²) < 4.78 is 42.7. The van der Waals surface area contributed by atoms with Gasteiger partial charge in [-0.1, -0.05) is 13.3 Å². The molecule has 0 bridgehead atoms. The van der Waals surface area contributed by atoms with Crippen LogP contribution < -0.4 is 4.74 Å². The van der Waals surface area contributed by atoms with E-state index >= 15 is 0 Å². The minimum Gasteiger partial charge on any atom is -0.490 e. The molecular weight excluding hydrogens is 322 g/mol. The van der Waals surface area contributed by atoms with Gasteiger partial charge in [0.1, 0.15) is 11.4 Å². The first-order chi connectivity index (χ1) is 11.2. The Labute approximate surface area is 138 Å². The predicted molar refractivity (Wildman–Crippen MR) is 81.0 cm³/mol. The molecule has 0 saturated carbocycles. The van der Waals surface area contributed by atoms with Crippen LogP contribution in [0, 0.1) is 11.6 Å². The standard InChI is InChI=1S/C17H18F2O5/c1-4-5-6-22-14-10(7-11(18)9-13(14)19)8-12-15(20)23-17(2,3)24-16(12)21/h7-9H,4-6H2,1-3H3. The highest BCUT2D eigenvalue weighted by atomic mass is 19.1. The van der Waals surface area contributed by atoms with Crippen LogP contribution in [0.2, 0.25) is 0 Å². The fourth-order valence-electron chi connectivity index (χ4n) is 2.09. The molecule has 1 fully saturated rings. The van der Waals surface area contributed by atoms with Gasteiger partial charge in [0.25, 0.3) is 5.79 Å². The topological polar surface area (TPSA) is 61.8 Å². The molecule has 0 amide bonds. The van der Waals surface area contributed by atoms with Crippen molar-refractivity contribution in [2.24, 2.45) is 0 Å². The van der Waals surface area contributed by atoms with Gasteiger partial charge < -0.3 is 14.2 Å². The van der Waals surface area contributed by atoms with E-state index in [0.717, 1.165) is 18.6 Å². The smallest absolute Gasteiger partial charge is 0.348 e. The molecule has 0 atom stereocenters. The Hall–Kier alpha value is -2.44. The molecule has 1 aromatic rings. The Bertz CT molecular complexity index is 672. The van der Waals surface area contributed by atoms with E-state index in [4.69, 9.17) is 14.2 Å². The van der Waals surface area contributed by atoms with E-state index in [1.54, 1.807) is 0 Å². The van der Waals surface area contributed by atoms with Crippen LogP contribution in [0.1, 0.15) is 39.2 Å². The molecule has 5 nitrogen and oxygen atoms in total. The molecule has 1 heterocycles. The fraction of sp³-hybridized carbons (Fsp3) is 0.412. The van der Waals surface area contributed by atoms with Crippen LogP contribution in [-0.4, -0.2) is 24.3 Å². The number of rotatable bonds is 5. The number of hydrogen-bond donors (Lipinski definition) is 0. The first-order valence-corrected chi connectivity index (χ1v) is 7.53. The highest BCUT2D eigenvalue weighted by Crippen LogP contribution is 2.30. The predicted octanol–water partition coefficient (Wildman–Crippen LogP) is 3.36. The summed E-state index contributed by atoms with van der Waals surface area (Å²) in [7, 11) is 0. The summed E-state index contributed by atoms with van der Waals surface area (Å²) in [5.74, 6) is -5.27. The molecule has 1 aromatic carbocycles. The molecule has 130 valence electrons. The van der Waals surface area contributed by atoms with Crippen LogP contribution in [0.25, 0.3) is 6.08 Å². The first-order valence-electron chi connectivity index (χ1n) is 7.53. The van der Waals surface area contributed by atoms with Crippen molar-refractivity contribution in [1.82, 2.24) is 0 Å². The Balaban J connectivity index is 2.40. The molecule has 0 unspecified atom stereocenters. The minimum absolute atomic E-state index is 0.0767. The number of halogens is 2. The molecule has 7 heteroatoms. The summed E-state index contributed by atoms with van der Waals surface area (Å²) in [5.41, 5.74) is -0.535. The second-order valence-corrected chi connectivity index (χ2v) is 5.74. The summed E-state index contributed by atoms with van der Waals surface area (Å²) in [5, 5.41) is 0. The molecule has 1 aliphatic heterocycles. The van der Waals surface area contributed by atoms with E-state index in [1.807, 2.05) is 6.92 Å². The monoisotopic (exact) mass is 340 g/mol. The molecule has 1 aliphatic rings. The molecule has 0 N–H and O–H groups in total. The highest BCUT2D eigenvalue weighted by Gasteiger charge is 2.39. The summed E-state index contributed by atoms with van der Waals surface area (Å²) in [4.78, 5) is 23.9. The largest absolute Gasteiger partial charge is 0.490 e. The quantitative estimate of drug-likeness (QED) is 0.356. The van der Waals surface area contributed by atoms with Crippen LogP contribution in [0.15, 0.2) is 17.7 Å². The third-order valence-corrected chi connectivity index (χ3v) is 3.20. The third kappa shape index (κ3) is 4.10. The SMILES string of the molecule is CCCCOc1c(F)cc(F)cc1C=C1C(=O)OC(C)(C)OC1=O. The van der Waals surface area contributed by atoms with Crippen LogP contribution in [0.5, 0.6) is 5.75 Å². The fourth-order valence-corrected chi connectivity index (χ4v) is 2.09. The van der Waals surface area contributed by atoms with Crippen molar-refractivity contribution in [3.8, 4) is 5.75 Å². The Kier molecular flexibility index (Phi) is 5.21. The van der Waals surface area contributed by atoms with Crippen molar-refractivity contribution in [3.05, 3.63) is 34.9 Å². The van der Waals surface area contributed by atoms with E-state index in [9.17, 15) is 18.4 Å². The summed E-state index contributed by atoms with van der Waals surface area (Å²) in [6.07, 6.45) is 2.51. The molecule has 0 aliphatic carbocycles. The van der Waals surface area contributed by atoms with Crippen molar-refractivity contribution >= 4 is 18.0 Å². The third-order valence-electron chi connectivity index (χ3n) is 3.20. The van der Waals surface area contributed by atoms with Crippen molar-refractivity contribution in [1.29, 1.82) is 0 Å². The molecular formula is C17H18F2O5. The second-order valence-electron chi connectivity index (χ2n) is 5.74. The van der Waals surface area contributed by atoms with Crippen LogP contribution in [0.4, 0.5) is 8.78 Å². The normalized spacial score (nSPS) is 16.5. The van der Waals surface area contributed by atoms with Gasteiger partial charge in [-0.05, 0) is 18.6 Å². The van der Waals surface area contributed by atoms with Crippen LogP contribution in [0.3, 0.4) is 0 Å². The van der Waals surface area contributed by atoms with E-state index in [-0.39, 0.29) is 17.9 Å². The van der Waals surface area contributed by atoms with E-state index in [0.29, 0.717) is 12.5 Å². The van der Waals surface area contributed by atoms with Crippen molar-refractivity contribution < 1.29 is 32.6 Å². The maximum atomic E-state index is 14.0. The first kappa shape index (κ1) is 17.9. The second kappa shape index (κ2) is 6.98. The zero-order valence-corrected chi connectivity index (χ0v) is 13.7. The number of carbonyl (C=O) groups is 2. The molecule has 0 aromatic heterocycles. The average molecular weight is 340 g/mol. The van der Waals surface area contributed by atoms with Gasteiger partial charge in [-0.25, -0.2) is 18.4 Å². The molecule has 0 spiro atoms. The lowest BCUT2D eigenvalue weighted by atomic mass is 10.1. The zero-order chi connectivity index (χ0) is 17.9. The van der Waals surface area contributed by atoms with Crippen LogP contribution >= 0.6 is 0 Å². The van der Waals surface area contributed by atoms with Gasteiger partial charge in [-0.15, -0.1) is 0 Å². The molecule has 1 saturated heterocycles. The van der Waals surface area contributed by atoms with Gasteiger partial charge in [-0.2, -0.15) is 0 Å². The number of cyclic esters (lactones) is 2. The maximum absolute atomic E-state index is 14.0. The Morgan fingerprint density at radius 2 is 1.79 bits per heavy atom. The maximum Gasteiger partial charge on any atom is 0.348 e. The Morgan fingerprint density at radius 3 is 2.38 bits per heavy atom. The summed E-state index contributed by atoms with van der Waals surface area (Å²) >= 11 is 0. The number of carbonyl (C=O) groups excluding carboxylic acids is 2. The number of unbranched alkanes of at least 4 members (excludes halogenated alkanes) is 1. The average Bonchev–Trinajstić information content (AvgIpc) is 2.44. The van der Waals surface area contributed by atoms with E-state index in [2.05, 4.69) is 0 Å². The van der Waals surface area contributed by atoms with Gasteiger partial charge >= 0.3 is 11.9 Å². The molecule has 2 rings (SSSR count). The lowest BCUT2D eigenvalue weighted by molar-refractivity contribution is -0.222. The van der Waals surface area contributed by atoms with E-state index < -0.39 is 34.9 Å². The number of ether oxygens (including phenoxy) is 3. The zero-order valence-electron chi connectivity index (χ0n) is 13.7. The Morgan fingerprint density at radius 1 is 1.17 bits per heavy atom. The highest BCUT2D eigenvalue weighted by molar-refractivity contribution is 6.19. The van der Waals surface area contributed by atoms with Crippen molar-refractivity contribution in [2.45, 2.75) is 39.4 Å². The lowest BCUT2D eigenvalue weighted by Gasteiger charge is -2.29. The van der Waals surface area contributed by atoms with Crippen molar-refractivity contribution in [3.63, 3.8) is 0 Å². The van der Waals surface area contributed by atoms with Gasteiger partial charge in [-0.3, -0.25) is 0 Å². The van der Waals surface area contributed by atoms with Crippen LogP contribution in [-0.2, 0) is 19.1 Å². The molecule has 0 radical (unpaired) electrons. The number of esters is 2. The van der Waals surface area contributed by atoms with E-state index in [1.165, 1.54) is 13.8 Å². The van der Waals surface area contributed by atoms with Gasteiger partial charge in [0.15, 0.2) is 11.6 Å². The lowest BCUT2D eigenvalue weighted by Crippen LogP contribution is -2.41.